The lowest BCUT2D eigenvalue weighted by Gasteiger charge is -1.99. The highest BCUT2D eigenvalue weighted by Crippen LogP contribution is 2.17. The predicted molar refractivity (Wildman–Crippen MR) is 70.2 cm³/mol. The first-order valence-electron chi connectivity index (χ1n) is 5.26. The van der Waals surface area contributed by atoms with Gasteiger partial charge in [-0.25, -0.2) is 5.10 Å². The van der Waals surface area contributed by atoms with Crippen LogP contribution in [0.5, 0.6) is 0 Å². The summed E-state index contributed by atoms with van der Waals surface area (Å²) in [6.45, 7) is 1.92. The minimum absolute atomic E-state index is 0.288. The maximum absolute atomic E-state index is 11.5. The van der Waals surface area contributed by atoms with Crippen LogP contribution in [0.15, 0.2) is 30.6 Å². The van der Waals surface area contributed by atoms with Crippen molar-refractivity contribution >= 4 is 29.5 Å². The summed E-state index contributed by atoms with van der Waals surface area (Å²) in [6.07, 6.45) is 4.40. The Morgan fingerprint density at radius 2 is 2.33 bits per heavy atom. The monoisotopic (exact) mass is 262 g/mol. The van der Waals surface area contributed by atoms with Gasteiger partial charge in [-0.3, -0.25) is 10.1 Å². The average molecular weight is 263 g/mol. The molecule has 2 rings (SSSR count). The summed E-state index contributed by atoms with van der Waals surface area (Å²) in [5, 5.41) is 9.36. The number of rotatable bonds is 3. The molecule has 0 saturated carbocycles. The number of H-pyrrole nitrogens is 1. The summed E-state index contributed by atoms with van der Waals surface area (Å²) in [6, 6.07) is 5.59. The van der Waals surface area contributed by atoms with E-state index in [0.29, 0.717) is 11.0 Å². The van der Waals surface area contributed by atoms with E-state index >= 15 is 0 Å². The zero-order chi connectivity index (χ0) is 13.0. The van der Waals surface area contributed by atoms with Crippen LogP contribution in [0.3, 0.4) is 0 Å². The molecule has 0 aliphatic rings. The molecular formula is C12H11ClN4O. The van der Waals surface area contributed by atoms with Crippen LogP contribution in [0.1, 0.15) is 11.1 Å². The summed E-state index contributed by atoms with van der Waals surface area (Å²) in [5.74, 6) is 0.0232. The van der Waals surface area contributed by atoms with Crippen LogP contribution in [0.4, 0.5) is 5.95 Å². The number of aromatic amines is 1. The standard InChI is InChI=1S/C12H11ClN4O/c1-8-2-3-9(6-10(8)13)4-5-11(18)16-12-14-7-15-17-12/h2-7H,1H3,(H2,14,15,16,17,18). The van der Waals surface area contributed by atoms with E-state index in [-0.39, 0.29) is 5.91 Å². The van der Waals surface area contributed by atoms with E-state index in [2.05, 4.69) is 20.5 Å². The minimum Gasteiger partial charge on any atom is -0.291 e. The van der Waals surface area contributed by atoms with Crippen LogP contribution in [-0.2, 0) is 4.79 Å². The van der Waals surface area contributed by atoms with Crippen molar-refractivity contribution in [2.45, 2.75) is 6.92 Å². The van der Waals surface area contributed by atoms with E-state index in [1.54, 1.807) is 12.1 Å². The first kappa shape index (κ1) is 12.3. The number of hydrogen-bond acceptors (Lipinski definition) is 3. The second-order valence-electron chi connectivity index (χ2n) is 3.67. The molecule has 0 spiro atoms. The maximum Gasteiger partial charge on any atom is 0.250 e. The highest BCUT2D eigenvalue weighted by Gasteiger charge is 2.00. The lowest BCUT2D eigenvalue weighted by molar-refractivity contribution is -0.111. The summed E-state index contributed by atoms with van der Waals surface area (Å²) < 4.78 is 0. The van der Waals surface area contributed by atoms with Gasteiger partial charge < -0.3 is 0 Å². The number of benzene rings is 1. The topological polar surface area (TPSA) is 70.7 Å². The summed E-state index contributed by atoms with van der Waals surface area (Å²) in [4.78, 5) is 15.3. The van der Waals surface area contributed by atoms with Crippen molar-refractivity contribution in [2.24, 2.45) is 0 Å². The molecule has 1 heterocycles. The Morgan fingerprint density at radius 1 is 1.50 bits per heavy atom. The molecule has 0 bridgehead atoms. The second kappa shape index (κ2) is 5.46. The van der Waals surface area contributed by atoms with Gasteiger partial charge in [0.1, 0.15) is 6.33 Å². The molecule has 5 nitrogen and oxygen atoms in total. The smallest absolute Gasteiger partial charge is 0.250 e. The van der Waals surface area contributed by atoms with E-state index in [0.717, 1.165) is 11.1 Å². The van der Waals surface area contributed by atoms with Gasteiger partial charge in [-0.1, -0.05) is 23.7 Å². The highest BCUT2D eigenvalue weighted by molar-refractivity contribution is 6.31. The predicted octanol–water partition coefficient (Wildman–Crippen LogP) is 2.42. The van der Waals surface area contributed by atoms with Gasteiger partial charge in [0.15, 0.2) is 0 Å². The molecule has 0 aliphatic carbocycles. The molecule has 2 N–H and O–H groups in total. The fourth-order valence-corrected chi connectivity index (χ4v) is 1.50. The second-order valence-corrected chi connectivity index (χ2v) is 4.07. The molecular weight excluding hydrogens is 252 g/mol. The van der Waals surface area contributed by atoms with Crippen molar-refractivity contribution in [1.82, 2.24) is 15.2 Å². The molecule has 1 aromatic carbocycles. The molecule has 0 atom stereocenters. The molecule has 0 radical (unpaired) electrons. The zero-order valence-electron chi connectivity index (χ0n) is 9.64. The molecule has 6 heteroatoms. The van der Waals surface area contributed by atoms with E-state index in [1.807, 2.05) is 19.1 Å². The van der Waals surface area contributed by atoms with E-state index in [9.17, 15) is 4.79 Å². The fourth-order valence-electron chi connectivity index (χ4n) is 1.31. The van der Waals surface area contributed by atoms with Crippen LogP contribution in [0, 0.1) is 6.92 Å². The van der Waals surface area contributed by atoms with Gasteiger partial charge in [0, 0.05) is 11.1 Å². The molecule has 2 aromatic rings. The normalized spacial score (nSPS) is 10.8. The Bertz CT molecular complexity index is 578. The van der Waals surface area contributed by atoms with Gasteiger partial charge >= 0.3 is 0 Å². The number of aryl methyl sites for hydroxylation is 1. The number of nitrogens with zero attached hydrogens (tertiary/aromatic N) is 2. The maximum atomic E-state index is 11.5. The van der Waals surface area contributed by atoms with Gasteiger partial charge in [-0.05, 0) is 30.2 Å². The molecule has 0 saturated heterocycles. The quantitative estimate of drug-likeness (QED) is 0.835. The number of halogens is 1. The van der Waals surface area contributed by atoms with Gasteiger partial charge in [0.2, 0.25) is 5.95 Å². The van der Waals surface area contributed by atoms with Crippen LogP contribution in [0.25, 0.3) is 6.08 Å². The minimum atomic E-state index is -0.288. The van der Waals surface area contributed by atoms with E-state index < -0.39 is 0 Å². The van der Waals surface area contributed by atoms with Crippen molar-refractivity contribution in [2.75, 3.05) is 5.32 Å². The van der Waals surface area contributed by atoms with Crippen molar-refractivity contribution in [3.8, 4) is 0 Å². The summed E-state index contributed by atoms with van der Waals surface area (Å²) in [5.41, 5.74) is 1.86. The SMILES string of the molecule is Cc1ccc(C=CC(=O)Nc2ncn[nH]2)cc1Cl. The molecule has 1 amide bonds. The van der Waals surface area contributed by atoms with Gasteiger partial charge in [0.25, 0.3) is 5.91 Å². The Balaban J connectivity index is 2.01. The zero-order valence-corrected chi connectivity index (χ0v) is 10.4. The molecule has 1 aromatic heterocycles. The van der Waals surface area contributed by atoms with Gasteiger partial charge in [0.05, 0.1) is 0 Å². The highest BCUT2D eigenvalue weighted by atomic mass is 35.5. The number of anilines is 1. The van der Waals surface area contributed by atoms with Gasteiger partial charge in [-0.15, -0.1) is 0 Å². The first-order valence-corrected chi connectivity index (χ1v) is 5.63. The Hall–Kier alpha value is -2.14. The third-order valence-corrected chi connectivity index (χ3v) is 2.69. The number of nitrogens with one attached hydrogen (secondary N) is 2. The van der Waals surface area contributed by atoms with Crippen LogP contribution < -0.4 is 5.32 Å². The number of aromatic nitrogens is 3. The molecule has 18 heavy (non-hydrogen) atoms. The van der Waals surface area contributed by atoms with Crippen molar-refractivity contribution in [3.63, 3.8) is 0 Å². The molecule has 0 unspecified atom stereocenters. The first-order chi connectivity index (χ1) is 8.65. The third-order valence-electron chi connectivity index (χ3n) is 2.28. The average Bonchev–Trinajstić information content (AvgIpc) is 2.83. The van der Waals surface area contributed by atoms with Crippen molar-refractivity contribution in [1.29, 1.82) is 0 Å². The lowest BCUT2D eigenvalue weighted by Crippen LogP contribution is -2.08. The molecule has 92 valence electrons. The number of carbonyl (C=O) groups excluding carboxylic acids is 1. The van der Waals surface area contributed by atoms with E-state index in [1.165, 1.54) is 12.4 Å². The lowest BCUT2D eigenvalue weighted by atomic mass is 10.1. The number of amides is 1. The van der Waals surface area contributed by atoms with Crippen LogP contribution >= 0.6 is 11.6 Å². The summed E-state index contributed by atoms with van der Waals surface area (Å²) in [7, 11) is 0. The molecule has 0 fully saturated rings. The Morgan fingerprint density at radius 3 is 3.00 bits per heavy atom. The number of hydrogen-bond donors (Lipinski definition) is 2. The molecule has 0 aliphatic heterocycles. The van der Waals surface area contributed by atoms with Crippen LogP contribution in [-0.4, -0.2) is 21.1 Å². The van der Waals surface area contributed by atoms with E-state index in [4.69, 9.17) is 11.6 Å². The number of carbonyl (C=O) groups is 1. The van der Waals surface area contributed by atoms with Crippen molar-refractivity contribution < 1.29 is 4.79 Å². The Kier molecular flexibility index (Phi) is 3.74. The largest absolute Gasteiger partial charge is 0.291 e. The Labute approximate surface area is 109 Å². The fraction of sp³-hybridized carbons (Fsp3) is 0.0833. The van der Waals surface area contributed by atoms with Crippen LogP contribution in [0.2, 0.25) is 5.02 Å². The van der Waals surface area contributed by atoms with Crippen molar-refractivity contribution in [3.05, 3.63) is 46.8 Å². The van der Waals surface area contributed by atoms with Gasteiger partial charge in [-0.2, -0.15) is 10.1 Å². The summed E-state index contributed by atoms with van der Waals surface area (Å²) >= 11 is 5.99. The third kappa shape index (κ3) is 3.18.